The standard InChI is InChI=1S/C24H14F5N3O3/c25-20(26)22-31-30-21(34-22)14-8-9-15-12-32(23(33)18(15)11-14)19-7-2-1-6-17(19)13-4-3-5-16(10-13)35-24(27,28)29/h1-11,20H,12H2. The molecule has 0 saturated heterocycles. The van der Waals surface area contributed by atoms with Gasteiger partial charge in [-0.05, 0) is 41.5 Å². The number of para-hydroxylation sites is 1. The molecular formula is C24H14F5N3O3. The largest absolute Gasteiger partial charge is 0.573 e. The van der Waals surface area contributed by atoms with Crippen LogP contribution in [0.25, 0.3) is 22.6 Å². The fourth-order valence-electron chi connectivity index (χ4n) is 3.88. The summed E-state index contributed by atoms with van der Waals surface area (Å²) in [6.45, 7) is 0.205. The van der Waals surface area contributed by atoms with Gasteiger partial charge in [-0.25, -0.2) is 0 Å². The minimum atomic E-state index is -4.84. The first kappa shape index (κ1) is 22.5. The monoisotopic (exact) mass is 487 g/mol. The number of amides is 1. The summed E-state index contributed by atoms with van der Waals surface area (Å²) < 4.78 is 72.6. The topological polar surface area (TPSA) is 68.5 Å². The molecule has 0 saturated carbocycles. The van der Waals surface area contributed by atoms with Crippen molar-refractivity contribution < 1.29 is 35.9 Å². The van der Waals surface area contributed by atoms with E-state index in [0.29, 0.717) is 33.5 Å². The zero-order valence-electron chi connectivity index (χ0n) is 17.6. The van der Waals surface area contributed by atoms with Gasteiger partial charge in [0.2, 0.25) is 5.89 Å². The smallest absolute Gasteiger partial charge is 0.415 e. The van der Waals surface area contributed by atoms with Crippen LogP contribution in [0.15, 0.2) is 71.1 Å². The van der Waals surface area contributed by atoms with Gasteiger partial charge in [0.05, 0.1) is 12.2 Å². The Morgan fingerprint density at radius 2 is 1.71 bits per heavy atom. The Bertz CT molecular complexity index is 1420. The molecule has 1 aromatic heterocycles. The van der Waals surface area contributed by atoms with E-state index in [1.807, 2.05) is 0 Å². The lowest BCUT2D eigenvalue weighted by molar-refractivity contribution is -0.274. The molecule has 178 valence electrons. The van der Waals surface area contributed by atoms with E-state index in [1.54, 1.807) is 42.5 Å². The van der Waals surface area contributed by atoms with Gasteiger partial charge < -0.3 is 14.1 Å². The third-order valence-corrected chi connectivity index (χ3v) is 5.36. The molecule has 5 rings (SSSR count). The van der Waals surface area contributed by atoms with Gasteiger partial charge in [0.1, 0.15) is 5.75 Å². The summed E-state index contributed by atoms with van der Waals surface area (Å²) in [5.74, 6) is -1.71. The van der Waals surface area contributed by atoms with Gasteiger partial charge >= 0.3 is 12.8 Å². The van der Waals surface area contributed by atoms with Crippen LogP contribution in [0.5, 0.6) is 5.75 Å². The number of halogens is 5. The Hall–Kier alpha value is -4.28. The number of carbonyl (C=O) groups is 1. The first-order chi connectivity index (χ1) is 16.7. The fraction of sp³-hybridized carbons (Fsp3) is 0.125. The van der Waals surface area contributed by atoms with Crippen molar-refractivity contribution in [1.82, 2.24) is 10.2 Å². The molecule has 1 aliphatic rings. The molecule has 0 radical (unpaired) electrons. The van der Waals surface area contributed by atoms with Crippen LogP contribution in [0.2, 0.25) is 0 Å². The first-order valence-corrected chi connectivity index (χ1v) is 10.2. The molecule has 3 aromatic carbocycles. The number of ether oxygens (including phenoxy) is 1. The minimum Gasteiger partial charge on any atom is -0.415 e. The summed E-state index contributed by atoms with van der Waals surface area (Å²) in [7, 11) is 0. The molecule has 0 atom stereocenters. The lowest BCUT2D eigenvalue weighted by atomic mass is 10.0. The highest BCUT2D eigenvalue weighted by atomic mass is 19.4. The molecule has 6 nitrogen and oxygen atoms in total. The Balaban J connectivity index is 1.48. The van der Waals surface area contributed by atoms with Crippen molar-refractivity contribution in [2.75, 3.05) is 4.90 Å². The summed E-state index contributed by atoms with van der Waals surface area (Å²) in [5, 5.41) is 6.91. The van der Waals surface area contributed by atoms with Gasteiger partial charge in [-0.1, -0.05) is 36.4 Å². The molecule has 4 aromatic rings. The lowest BCUT2D eigenvalue weighted by Gasteiger charge is -2.20. The number of hydrogen-bond acceptors (Lipinski definition) is 5. The second kappa shape index (κ2) is 8.49. The van der Waals surface area contributed by atoms with Crippen molar-refractivity contribution in [3.63, 3.8) is 0 Å². The first-order valence-electron chi connectivity index (χ1n) is 10.2. The van der Waals surface area contributed by atoms with Crippen molar-refractivity contribution in [3.8, 4) is 28.3 Å². The highest BCUT2D eigenvalue weighted by Crippen LogP contribution is 2.38. The van der Waals surface area contributed by atoms with Gasteiger partial charge in [0, 0.05) is 16.7 Å². The molecule has 0 N–H and O–H groups in total. The van der Waals surface area contributed by atoms with Crippen LogP contribution in [-0.4, -0.2) is 22.5 Å². The number of alkyl halides is 5. The van der Waals surface area contributed by atoms with Crippen molar-refractivity contribution in [1.29, 1.82) is 0 Å². The maximum atomic E-state index is 13.3. The molecule has 1 amide bonds. The van der Waals surface area contributed by atoms with Crippen molar-refractivity contribution in [2.45, 2.75) is 19.3 Å². The van der Waals surface area contributed by atoms with Gasteiger partial charge in [-0.15, -0.1) is 23.4 Å². The SMILES string of the molecule is O=C1c2cc(-c3nnc(C(F)F)o3)ccc2CN1c1ccccc1-c1cccc(OC(F)(F)F)c1. The third kappa shape index (κ3) is 4.44. The number of anilines is 1. The van der Waals surface area contributed by atoms with Crippen LogP contribution >= 0.6 is 0 Å². The molecule has 0 aliphatic carbocycles. The highest BCUT2D eigenvalue weighted by Gasteiger charge is 2.32. The number of benzene rings is 3. The fourth-order valence-corrected chi connectivity index (χ4v) is 3.88. The molecule has 1 aliphatic heterocycles. The van der Waals surface area contributed by atoms with Crippen LogP contribution in [0.1, 0.15) is 28.2 Å². The second-order valence-electron chi connectivity index (χ2n) is 7.60. The average Bonchev–Trinajstić information content (AvgIpc) is 3.43. The summed E-state index contributed by atoms with van der Waals surface area (Å²) in [6.07, 6.45) is -7.75. The van der Waals surface area contributed by atoms with E-state index in [0.717, 1.165) is 0 Å². The summed E-state index contributed by atoms with van der Waals surface area (Å²) >= 11 is 0. The van der Waals surface area contributed by atoms with E-state index in [4.69, 9.17) is 4.42 Å². The van der Waals surface area contributed by atoms with E-state index in [9.17, 15) is 26.7 Å². The third-order valence-electron chi connectivity index (χ3n) is 5.36. The van der Waals surface area contributed by atoms with E-state index < -0.39 is 18.7 Å². The van der Waals surface area contributed by atoms with Gasteiger partial charge in [-0.3, -0.25) is 4.79 Å². The number of aromatic nitrogens is 2. The average molecular weight is 487 g/mol. The zero-order chi connectivity index (χ0) is 24.7. The predicted molar refractivity (Wildman–Crippen MR) is 114 cm³/mol. The number of hydrogen-bond donors (Lipinski definition) is 0. The van der Waals surface area contributed by atoms with E-state index in [2.05, 4.69) is 14.9 Å². The number of carbonyl (C=O) groups excluding carboxylic acids is 1. The minimum absolute atomic E-state index is 0.142. The van der Waals surface area contributed by atoms with E-state index in [1.165, 1.54) is 29.2 Å². The van der Waals surface area contributed by atoms with Crippen LogP contribution < -0.4 is 9.64 Å². The van der Waals surface area contributed by atoms with E-state index in [-0.39, 0.29) is 24.1 Å². The predicted octanol–water partition coefficient (Wildman–Crippen LogP) is 6.40. The van der Waals surface area contributed by atoms with Crippen LogP contribution in [0.4, 0.5) is 27.6 Å². The number of nitrogens with zero attached hydrogens (tertiary/aromatic N) is 3. The molecule has 0 fully saturated rings. The van der Waals surface area contributed by atoms with Gasteiger partial charge in [0.25, 0.3) is 11.8 Å². The summed E-state index contributed by atoms with van der Waals surface area (Å²) in [6, 6.07) is 17.0. The molecule has 0 spiro atoms. The van der Waals surface area contributed by atoms with Crippen molar-refractivity contribution in [2.24, 2.45) is 0 Å². The molecule has 0 bridgehead atoms. The van der Waals surface area contributed by atoms with Crippen molar-refractivity contribution >= 4 is 11.6 Å². The van der Waals surface area contributed by atoms with Crippen LogP contribution in [0.3, 0.4) is 0 Å². The Kier molecular flexibility index (Phi) is 5.46. The zero-order valence-corrected chi connectivity index (χ0v) is 17.6. The maximum absolute atomic E-state index is 13.3. The Labute approximate surface area is 194 Å². The summed E-state index contributed by atoms with van der Waals surface area (Å²) in [5.41, 5.74) is 2.75. The normalized spacial score (nSPS) is 13.4. The van der Waals surface area contributed by atoms with Crippen LogP contribution in [-0.2, 0) is 6.54 Å². The number of rotatable bonds is 5. The van der Waals surface area contributed by atoms with Crippen molar-refractivity contribution in [3.05, 3.63) is 83.7 Å². The van der Waals surface area contributed by atoms with Crippen LogP contribution in [0, 0.1) is 0 Å². The molecular weight excluding hydrogens is 473 g/mol. The van der Waals surface area contributed by atoms with E-state index >= 15 is 0 Å². The Morgan fingerprint density at radius 1 is 0.914 bits per heavy atom. The van der Waals surface area contributed by atoms with Gasteiger partial charge in [-0.2, -0.15) is 8.78 Å². The summed E-state index contributed by atoms with van der Waals surface area (Å²) in [4.78, 5) is 14.8. The maximum Gasteiger partial charge on any atom is 0.573 e. The molecule has 35 heavy (non-hydrogen) atoms. The second-order valence-corrected chi connectivity index (χ2v) is 7.60. The molecule has 11 heteroatoms. The highest BCUT2D eigenvalue weighted by molar-refractivity contribution is 6.12. The molecule has 0 unspecified atom stereocenters. The quantitative estimate of drug-likeness (QED) is 0.305. The lowest BCUT2D eigenvalue weighted by Crippen LogP contribution is -2.23. The number of fused-ring (bicyclic) bond motifs is 1. The van der Waals surface area contributed by atoms with Gasteiger partial charge in [0.15, 0.2) is 0 Å². The molecule has 2 heterocycles. The Morgan fingerprint density at radius 3 is 2.46 bits per heavy atom.